The molecule has 2 unspecified atom stereocenters. The topological polar surface area (TPSA) is 83.9 Å². The molecule has 2 fully saturated rings. The van der Waals surface area contributed by atoms with E-state index in [-0.39, 0.29) is 11.7 Å². The third-order valence-corrected chi connectivity index (χ3v) is 6.98. The van der Waals surface area contributed by atoms with Gasteiger partial charge in [0.15, 0.2) is 5.69 Å². The predicted molar refractivity (Wildman–Crippen MR) is 124 cm³/mol. The minimum atomic E-state index is -4.54. The summed E-state index contributed by atoms with van der Waals surface area (Å²) in [5.74, 6) is 0.523. The maximum absolute atomic E-state index is 13.9. The molecule has 1 aliphatic heterocycles. The van der Waals surface area contributed by atoms with E-state index in [1.807, 2.05) is 43.0 Å². The van der Waals surface area contributed by atoms with Gasteiger partial charge in [0, 0.05) is 25.0 Å². The molecular formula is C25H25F3N6O. The Morgan fingerprint density at radius 3 is 2.66 bits per heavy atom. The van der Waals surface area contributed by atoms with E-state index in [4.69, 9.17) is 0 Å². The van der Waals surface area contributed by atoms with Crippen LogP contribution in [-0.4, -0.2) is 49.4 Å². The van der Waals surface area contributed by atoms with Crippen molar-refractivity contribution in [3.8, 4) is 11.4 Å². The molecule has 1 saturated carbocycles. The van der Waals surface area contributed by atoms with Crippen molar-refractivity contribution in [2.75, 3.05) is 18.4 Å². The number of carbonyl (C=O) groups is 1. The zero-order valence-electron chi connectivity index (χ0n) is 19.4. The first-order valence-corrected chi connectivity index (χ1v) is 11.5. The SMILES string of the molecule is Cc1ccc(C(=O)N2CC3CCC2(CNc2cnc(C(F)(F)F)cn2)C3)c(-c2ncccc2C)n1. The van der Waals surface area contributed by atoms with Gasteiger partial charge in [0.25, 0.3) is 5.91 Å². The molecule has 1 saturated heterocycles. The molecule has 35 heavy (non-hydrogen) atoms. The Morgan fingerprint density at radius 2 is 1.97 bits per heavy atom. The van der Waals surface area contributed by atoms with Gasteiger partial charge >= 0.3 is 6.18 Å². The summed E-state index contributed by atoms with van der Waals surface area (Å²) in [5, 5.41) is 3.12. The number of pyridine rings is 2. The molecular weight excluding hydrogens is 457 g/mol. The van der Waals surface area contributed by atoms with E-state index in [1.165, 1.54) is 0 Å². The van der Waals surface area contributed by atoms with Crippen molar-refractivity contribution in [3.05, 3.63) is 65.4 Å². The molecule has 2 aliphatic rings. The molecule has 2 atom stereocenters. The fourth-order valence-electron chi connectivity index (χ4n) is 5.23. The highest BCUT2D eigenvalue weighted by Crippen LogP contribution is 2.47. The zero-order chi connectivity index (χ0) is 24.8. The second kappa shape index (κ2) is 8.58. The molecule has 182 valence electrons. The summed E-state index contributed by atoms with van der Waals surface area (Å²) in [6.07, 6.45) is 1.59. The number of nitrogens with zero attached hydrogens (tertiary/aromatic N) is 5. The summed E-state index contributed by atoms with van der Waals surface area (Å²) in [5.41, 5.74) is 1.97. The van der Waals surface area contributed by atoms with Crippen LogP contribution in [0.3, 0.4) is 0 Å². The Hall–Kier alpha value is -3.56. The van der Waals surface area contributed by atoms with Gasteiger partial charge in [-0.25, -0.2) is 9.97 Å². The standard InChI is InChI=1S/C25H25F3N6O/c1-15-4-3-9-29-21(15)22-18(6-5-16(2)33-22)23(35)34-13-17-7-8-24(34,10-17)14-32-20-12-30-19(11-31-20)25(26,27)28/h3-6,9,11-12,17H,7-8,10,13-14H2,1-2H3,(H,31,32). The highest BCUT2D eigenvalue weighted by Gasteiger charge is 2.52. The largest absolute Gasteiger partial charge is 0.434 e. The molecule has 5 rings (SSSR count). The summed E-state index contributed by atoms with van der Waals surface area (Å²) in [4.78, 5) is 32.3. The highest BCUT2D eigenvalue weighted by atomic mass is 19.4. The van der Waals surface area contributed by atoms with Crippen LogP contribution in [0, 0.1) is 19.8 Å². The number of rotatable bonds is 5. The minimum absolute atomic E-state index is 0.111. The Labute approximate surface area is 200 Å². The Balaban J connectivity index is 1.41. The zero-order valence-corrected chi connectivity index (χ0v) is 19.4. The quantitative estimate of drug-likeness (QED) is 0.569. The second-order valence-corrected chi connectivity index (χ2v) is 9.40. The molecule has 0 radical (unpaired) electrons. The lowest BCUT2D eigenvalue weighted by atomic mass is 9.95. The van der Waals surface area contributed by atoms with E-state index in [9.17, 15) is 18.0 Å². The smallest absolute Gasteiger partial charge is 0.366 e. The van der Waals surface area contributed by atoms with Crippen LogP contribution in [0.25, 0.3) is 11.4 Å². The van der Waals surface area contributed by atoms with Crippen LogP contribution >= 0.6 is 0 Å². The fourth-order valence-corrected chi connectivity index (χ4v) is 5.23. The number of hydrogen-bond donors (Lipinski definition) is 1. The van der Waals surface area contributed by atoms with Gasteiger partial charge in [-0.05, 0) is 62.8 Å². The number of aryl methyl sites for hydroxylation is 2. The van der Waals surface area contributed by atoms with Crippen LogP contribution in [0.4, 0.5) is 19.0 Å². The van der Waals surface area contributed by atoms with Crippen molar-refractivity contribution in [2.45, 2.75) is 44.8 Å². The number of halogens is 3. The van der Waals surface area contributed by atoms with Crippen molar-refractivity contribution in [1.82, 2.24) is 24.8 Å². The molecule has 1 aliphatic carbocycles. The first kappa shape index (κ1) is 23.2. The summed E-state index contributed by atoms with van der Waals surface area (Å²) in [7, 11) is 0. The summed E-state index contributed by atoms with van der Waals surface area (Å²) in [6.45, 7) is 4.83. The number of nitrogens with one attached hydrogen (secondary N) is 1. The van der Waals surface area contributed by atoms with E-state index < -0.39 is 17.4 Å². The second-order valence-electron chi connectivity index (χ2n) is 9.40. The minimum Gasteiger partial charge on any atom is -0.366 e. The van der Waals surface area contributed by atoms with E-state index >= 15 is 0 Å². The number of likely N-dealkylation sites (tertiary alicyclic amines) is 1. The van der Waals surface area contributed by atoms with Crippen LogP contribution < -0.4 is 5.32 Å². The molecule has 0 aromatic carbocycles. The van der Waals surface area contributed by atoms with Crippen molar-refractivity contribution in [3.63, 3.8) is 0 Å². The molecule has 7 nitrogen and oxygen atoms in total. The maximum Gasteiger partial charge on any atom is 0.434 e. The summed E-state index contributed by atoms with van der Waals surface area (Å²) >= 11 is 0. The van der Waals surface area contributed by atoms with Crippen LogP contribution in [0.2, 0.25) is 0 Å². The van der Waals surface area contributed by atoms with E-state index in [1.54, 1.807) is 6.20 Å². The van der Waals surface area contributed by atoms with Crippen molar-refractivity contribution < 1.29 is 18.0 Å². The first-order valence-electron chi connectivity index (χ1n) is 11.5. The van der Waals surface area contributed by atoms with Crippen LogP contribution in [0.1, 0.15) is 46.6 Å². The molecule has 1 amide bonds. The third kappa shape index (κ3) is 4.33. The number of piperidine rings is 1. The lowest BCUT2D eigenvalue weighted by Gasteiger charge is -2.39. The molecule has 0 spiro atoms. The van der Waals surface area contributed by atoms with Gasteiger partial charge in [0.2, 0.25) is 0 Å². The highest BCUT2D eigenvalue weighted by molar-refractivity contribution is 6.00. The molecule has 4 heterocycles. The van der Waals surface area contributed by atoms with E-state index in [0.29, 0.717) is 42.2 Å². The lowest BCUT2D eigenvalue weighted by Crippen LogP contribution is -2.52. The van der Waals surface area contributed by atoms with Crippen molar-refractivity contribution in [2.24, 2.45) is 5.92 Å². The van der Waals surface area contributed by atoms with Gasteiger partial charge in [-0.15, -0.1) is 0 Å². The number of carbonyl (C=O) groups excluding carboxylic acids is 1. The fraction of sp³-hybridized carbons (Fsp3) is 0.400. The number of hydrogen-bond acceptors (Lipinski definition) is 6. The molecule has 3 aromatic rings. The molecule has 1 N–H and O–H groups in total. The average molecular weight is 483 g/mol. The Kier molecular flexibility index (Phi) is 5.69. The normalized spacial score (nSPS) is 21.4. The van der Waals surface area contributed by atoms with E-state index in [0.717, 1.165) is 36.7 Å². The maximum atomic E-state index is 13.9. The van der Waals surface area contributed by atoms with Crippen LogP contribution in [-0.2, 0) is 6.18 Å². The van der Waals surface area contributed by atoms with Gasteiger partial charge in [-0.2, -0.15) is 13.2 Å². The molecule has 3 aromatic heterocycles. The summed E-state index contributed by atoms with van der Waals surface area (Å²) in [6, 6.07) is 7.42. The number of aromatic nitrogens is 4. The van der Waals surface area contributed by atoms with Gasteiger partial charge < -0.3 is 10.2 Å². The van der Waals surface area contributed by atoms with Crippen LogP contribution in [0.5, 0.6) is 0 Å². The van der Waals surface area contributed by atoms with E-state index in [2.05, 4.69) is 25.3 Å². The van der Waals surface area contributed by atoms with Gasteiger partial charge in [-0.1, -0.05) is 6.07 Å². The number of amides is 1. The van der Waals surface area contributed by atoms with Gasteiger partial charge in [0.1, 0.15) is 11.5 Å². The van der Waals surface area contributed by atoms with Crippen molar-refractivity contribution >= 4 is 11.7 Å². The van der Waals surface area contributed by atoms with Crippen LogP contribution in [0.15, 0.2) is 42.9 Å². The molecule has 2 bridgehead atoms. The predicted octanol–water partition coefficient (Wildman–Crippen LogP) is 4.68. The third-order valence-electron chi connectivity index (χ3n) is 6.98. The first-order chi connectivity index (χ1) is 16.7. The number of alkyl halides is 3. The summed E-state index contributed by atoms with van der Waals surface area (Å²) < 4.78 is 38.4. The lowest BCUT2D eigenvalue weighted by molar-refractivity contribution is -0.141. The van der Waals surface area contributed by atoms with Crippen molar-refractivity contribution in [1.29, 1.82) is 0 Å². The number of anilines is 1. The monoisotopic (exact) mass is 482 g/mol. The average Bonchev–Trinajstić information content (AvgIpc) is 3.41. The Bertz CT molecular complexity index is 1260. The Morgan fingerprint density at radius 1 is 1.14 bits per heavy atom. The molecule has 10 heteroatoms. The van der Waals surface area contributed by atoms with Gasteiger partial charge in [-0.3, -0.25) is 14.8 Å². The number of fused-ring (bicyclic) bond motifs is 2. The van der Waals surface area contributed by atoms with Gasteiger partial charge in [0.05, 0.1) is 29.2 Å².